The Morgan fingerprint density at radius 3 is 2.47 bits per heavy atom. The summed E-state index contributed by atoms with van der Waals surface area (Å²) in [4.78, 5) is 75.1. The van der Waals surface area contributed by atoms with E-state index in [2.05, 4.69) is 26.6 Å². The van der Waals surface area contributed by atoms with Gasteiger partial charge in [0.25, 0.3) is 11.8 Å². The van der Waals surface area contributed by atoms with Crippen molar-refractivity contribution in [3.8, 4) is 0 Å². The van der Waals surface area contributed by atoms with Gasteiger partial charge in [0.1, 0.15) is 12.1 Å². The van der Waals surface area contributed by atoms with Gasteiger partial charge in [0, 0.05) is 18.5 Å². The summed E-state index contributed by atoms with van der Waals surface area (Å²) in [6.07, 6.45) is 0.101. The Labute approximate surface area is 203 Å². The summed E-state index contributed by atoms with van der Waals surface area (Å²) in [5.74, 6) is -3.99. The topological polar surface area (TPSA) is 153 Å². The van der Waals surface area contributed by atoms with Gasteiger partial charge >= 0.3 is 5.97 Å². The third kappa shape index (κ3) is 5.79. The quantitative estimate of drug-likeness (QED) is 0.402. The number of alkyl halides is 1. The second kappa shape index (κ2) is 11.2. The predicted molar refractivity (Wildman–Crippen MR) is 121 cm³/mol. The molecule has 2 heterocycles. The second-order valence-corrected chi connectivity index (χ2v) is 8.61. The second-order valence-electron chi connectivity index (χ2n) is 8.05. The molecule has 182 valence electrons. The Kier molecular flexibility index (Phi) is 8.37. The molecule has 34 heavy (non-hydrogen) atoms. The van der Waals surface area contributed by atoms with Gasteiger partial charge in [-0.05, 0) is 31.4 Å². The number of hydrogen-bond acceptors (Lipinski definition) is 6. The van der Waals surface area contributed by atoms with Gasteiger partial charge in [0.15, 0.2) is 5.78 Å². The fourth-order valence-corrected chi connectivity index (χ4v) is 4.41. The molecule has 0 radical (unpaired) electrons. The van der Waals surface area contributed by atoms with Crippen LogP contribution >= 0.6 is 15.9 Å². The Bertz CT molecular complexity index is 987. The van der Waals surface area contributed by atoms with Crippen molar-refractivity contribution in [2.24, 2.45) is 0 Å². The molecule has 3 atom stereocenters. The highest BCUT2D eigenvalue weighted by molar-refractivity contribution is 9.09. The molecule has 2 saturated heterocycles. The van der Waals surface area contributed by atoms with Gasteiger partial charge in [-0.1, -0.05) is 34.1 Å². The third-order valence-electron chi connectivity index (χ3n) is 5.72. The van der Waals surface area contributed by atoms with Gasteiger partial charge < -0.3 is 15.7 Å². The molecular weight excluding hydrogens is 512 g/mol. The first-order chi connectivity index (χ1) is 16.2. The van der Waals surface area contributed by atoms with Crippen LogP contribution in [0.3, 0.4) is 0 Å². The van der Waals surface area contributed by atoms with Gasteiger partial charge in [-0.2, -0.15) is 0 Å². The zero-order chi connectivity index (χ0) is 24.8. The van der Waals surface area contributed by atoms with Crippen LogP contribution in [0, 0.1) is 0 Å². The van der Waals surface area contributed by atoms with Crippen LogP contribution in [0.25, 0.3) is 0 Å². The minimum absolute atomic E-state index is 0.0000271. The van der Waals surface area contributed by atoms with E-state index in [0.717, 1.165) is 5.01 Å². The smallest absolute Gasteiger partial charge is 0.305 e. The summed E-state index contributed by atoms with van der Waals surface area (Å²) < 4.78 is 0. The zero-order valence-corrected chi connectivity index (χ0v) is 19.8. The molecule has 4 amide bonds. The number of fused-ring (bicyclic) bond motifs is 1. The molecule has 2 fully saturated rings. The largest absolute Gasteiger partial charge is 0.481 e. The van der Waals surface area contributed by atoms with Crippen molar-refractivity contribution in [3.63, 3.8) is 0 Å². The summed E-state index contributed by atoms with van der Waals surface area (Å²) in [6, 6.07) is 4.85. The Hall–Kier alpha value is -3.28. The van der Waals surface area contributed by atoms with Crippen molar-refractivity contribution in [2.75, 3.05) is 11.9 Å². The molecule has 2 aliphatic rings. The van der Waals surface area contributed by atoms with E-state index in [4.69, 9.17) is 5.11 Å². The van der Waals surface area contributed by atoms with Crippen LogP contribution in [-0.2, 0) is 24.0 Å². The average molecular weight is 537 g/mol. The Morgan fingerprint density at radius 2 is 1.82 bits per heavy atom. The number of hydrazine groups is 1. The molecule has 1 aromatic rings. The van der Waals surface area contributed by atoms with Gasteiger partial charge in [-0.15, -0.1) is 0 Å². The number of carbonyl (C=O) groups is 6. The van der Waals surface area contributed by atoms with Crippen LogP contribution in [0.15, 0.2) is 30.3 Å². The minimum Gasteiger partial charge on any atom is -0.481 e. The number of carboxylic acid groups (broad SMARTS) is 1. The number of benzene rings is 1. The highest BCUT2D eigenvalue weighted by atomic mass is 79.9. The van der Waals surface area contributed by atoms with E-state index < -0.39 is 54.0 Å². The molecule has 0 aromatic heterocycles. The molecule has 2 aliphatic heterocycles. The maximum Gasteiger partial charge on any atom is 0.305 e. The molecular formula is C22H25BrN4O7. The number of nitrogens with zero attached hydrogens (tertiary/aromatic N) is 2. The zero-order valence-electron chi connectivity index (χ0n) is 18.2. The summed E-state index contributed by atoms with van der Waals surface area (Å²) in [5, 5.41) is 16.3. The summed E-state index contributed by atoms with van der Waals surface area (Å²) in [7, 11) is 0. The predicted octanol–water partition coefficient (Wildman–Crippen LogP) is 0.237. The van der Waals surface area contributed by atoms with Crippen molar-refractivity contribution < 1.29 is 33.9 Å². The van der Waals surface area contributed by atoms with E-state index in [1.54, 1.807) is 30.3 Å². The third-order valence-corrected chi connectivity index (χ3v) is 6.27. The molecule has 0 unspecified atom stereocenters. The van der Waals surface area contributed by atoms with Crippen LogP contribution in [0.5, 0.6) is 0 Å². The summed E-state index contributed by atoms with van der Waals surface area (Å²) in [5.41, 5.74) is 0.348. The Balaban J connectivity index is 1.82. The van der Waals surface area contributed by atoms with Gasteiger partial charge in [-0.25, -0.2) is 5.01 Å². The van der Waals surface area contributed by atoms with Crippen molar-refractivity contribution >= 4 is 51.3 Å². The summed E-state index contributed by atoms with van der Waals surface area (Å²) >= 11 is 2.97. The molecule has 3 rings (SSSR count). The maximum absolute atomic E-state index is 13.4. The number of hydrogen-bond donors (Lipinski definition) is 3. The van der Waals surface area contributed by atoms with Gasteiger partial charge in [0.2, 0.25) is 11.8 Å². The number of Topliss-reactive ketones (excluding diaryl/α,β-unsaturated/α-hetero) is 1. The average Bonchev–Trinajstić information content (AvgIpc) is 2.95. The van der Waals surface area contributed by atoms with Crippen LogP contribution < -0.4 is 10.6 Å². The number of aliphatic carboxylic acids is 1. The van der Waals surface area contributed by atoms with Crippen molar-refractivity contribution in [1.29, 1.82) is 0 Å². The number of amides is 4. The van der Waals surface area contributed by atoms with E-state index in [0.29, 0.717) is 12.0 Å². The Morgan fingerprint density at radius 1 is 1.12 bits per heavy atom. The van der Waals surface area contributed by atoms with E-state index in [1.807, 2.05) is 0 Å². The maximum atomic E-state index is 13.4. The highest BCUT2D eigenvalue weighted by Gasteiger charge is 2.45. The monoisotopic (exact) mass is 536 g/mol. The summed E-state index contributed by atoms with van der Waals surface area (Å²) in [6.45, 7) is 0.229. The molecule has 12 heteroatoms. The lowest BCUT2D eigenvalue weighted by Gasteiger charge is -2.43. The number of carbonyl (C=O) groups excluding carboxylic acids is 5. The standard InChI is InChI=1S/C22H25BrN4O7/c23-12-17(28)15(11-19(30)31)25-21(33)16-7-4-10-26-18(29)9-8-14(22(34)27(16)26)24-20(32)13-5-2-1-3-6-13/h1-3,5-6,14-16H,4,7-12H2,(H,24,32)(H,25,33)(H,30,31)/t14-,15-,16-/m0/s1. The van der Waals surface area contributed by atoms with Crippen LogP contribution in [0.4, 0.5) is 0 Å². The van der Waals surface area contributed by atoms with Gasteiger partial charge in [0.05, 0.1) is 17.8 Å². The van der Waals surface area contributed by atoms with Crippen molar-refractivity contribution in [1.82, 2.24) is 20.7 Å². The number of nitrogens with one attached hydrogen (secondary N) is 2. The first-order valence-electron chi connectivity index (χ1n) is 10.8. The number of ketones is 1. The fourth-order valence-electron chi connectivity index (χ4n) is 4.02. The van der Waals surface area contributed by atoms with Gasteiger partial charge in [-0.3, -0.25) is 33.8 Å². The number of halogens is 1. The number of carboxylic acids is 1. The lowest BCUT2D eigenvalue weighted by molar-refractivity contribution is -0.176. The lowest BCUT2D eigenvalue weighted by Crippen LogP contribution is -2.64. The first kappa shape index (κ1) is 25.3. The SMILES string of the molecule is O=C(O)C[C@H](NC(=O)[C@@H]1CCCN2C(=O)CC[C@H](NC(=O)c3ccccc3)C(=O)N12)C(=O)CBr. The van der Waals surface area contributed by atoms with E-state index in [9.17, 15) is 28.8 Å². The highest BCUT2D eigenvalue weighted by Crippen LogP contribution is 2.25. The van der Waals surface area contributed by atoms with Crippen LogP contribution in [0.2, 0.25) is 0 Å². The first-order valence-corrected chi connectivity index (χ1v) is 11.9. The number of rotatable bonds is 8. The molecule has 1 aromatic carbocycles. The van der Waals surface area contributed by atoms with E-state index in [1.165, 1.54) is 5.01 Å². The van der Waals surface area contributed by atoms with Crippen LogP contribution in [0.1, 0.15) is 42.5 Å². The normalized spacial score (nSPS) is 21.2. The van der Waals surface area contributed by atoms with Crippen molar-refractivity contribution in [2.45, 2.75) is 50.2 Å². The minimum atomic E-state index is -1.29. The molecule has 0 bridgehead atoms. The molecule has 0 spiro atoms. The molecule has 0 saturated carbocycles. The van der Waals surface area contributed by atoms with Crippen LogP contribution in [-0.4, -0.2) is 80.5 Å². The molecule has 0 aliphatic carbocycles. The van der Waals surface area contributed by atoms with Crippen molar-refractivity contribution in [3.05, 3.63) is 35.9 Å². The van der Waals surface area contributed by atoms with E-state index >= 15 is 0 Å². The van der Waals surface area contributed by atoms with E-state index in [-0.39, 0.29) is 37.0 Å². The molecule has 3 N–H and O–H groups in total. The fraction of sp³-hybridized carbons (Fsp3) is 0.455. The molecule has 11 nitrogen and oxygen atoms in total. The lowest BCUT2D eigenvalue weighted by atomic mass is 10.0.